The first-order chi connectivity index (χ1) is 4.79. The Kier molecular flexibility index (Phi) is 3.42. The number of carbonyl (C=O) groups is 1. The van der Waals surface area contributed by atoms with Crippen LogP contribution in [0.2, 0.25) is 0 Å². The van der Waals surface area contributed by atoms with Crippen molar-refractivity contribution in [3.63, 3.8) is 0 Å². The fourth-order valence-electron chi connectivity index (χ4n) is 0.849. The molecular weight excluding hydrogens is 168 g/mol. The normalized spacial score (nSPS) is 26.2. The third kappa shape index (κ3) is 2.84. The minimum absolute atomic E-state index is 0.331. The molecule has 0 amide bonds. The third-order valence-corrected chi connectivity index (χ3v) is 4.13. The van der Waals surface area contributed by atoms with E-state index in [0.717, 1.165) is 11.5 Å². The number of carboxylic acids is 1. The van der Waals surface area contributed by atoms with Crippen LogP contribution in [0, 0.1) is 0 Å². The summed E-state index contributed by atoms with van der Waals surface area (Å²) in [6.45, 7) is 0. The molecule has 1 saturated heterocycles. The Hall–Kier alpha value is 0.170. The number of aliphatic carboxylic acids is 1. The lowest BCUT2D eigenvalue weighted by atomic mass is 10.3. The molecule has 0 aliphatic carbocycles. The molecule has 1 aliphatic rings. The van der Waals surface area contributed by atoms with E-state index in [2.05, 4.69) is 0 Å². The van der Waals surface area contributed by atoms with Gasteiger partial charge in [-0.3, -0.25) is 4.79 Å². The molecule has 1 atom stereocenters. The summed E-state index contributed by atoms with van der Waals surface area (Å²) < 4.78 is 0. The second-order valence-electron chi connectivity index (χ2n) is 2.17. The van der Waals surface area contributed by atoms with Crippen molar-refractivity contribution in [3.8, 4) is 0 Å². The van der Waals surface area contributed by atoms with Gasteiger partial charge in [-0.2, -0.15) is 23.5 Å². The van der Waals surface area contributed by atoms with E-state index in [1.807, 2.05) is 11.8 Å². The summed E-state index contributed by atoms with van der Waals surface area (Å²) >= 11 is 3.65. The Labute approximate surface area is 68.8 Å². The first kappa shape index (κ1) is 8.27. The standard InChI is InChI=1S/C6H10O2S2/c7-6(8)3-5-4-9-1-2-10-5/h5H,1-4H2,(H,7,8)/t5-/m1/s1. The molecule has 0 saturated carbocycles. The minimum atomic E-state index is -0.667. The molecule has 0 spiro atoms. The van der Waals surface area contributed by atoms with Gasteiger partial charge in [0, 0.05) is 22.5 Å². The van der Waals surface area contributed by atoms with E-state index < -0.39 is 5.97 Å². The molecule has 0 unspecified atom stereocenters. The summed E-state index contributed by atoms with van der Waals surface area (Å²) in [6, 6.07) is 0. The summed E-state index contributed by atoms with van der Waals surface area (Å²) in [6.07, 6.45) is 0.331. The van der Waals surface area contributed by atoms with Gasteiger partial charge < -0.3 is 5.11 Å². The van der Waals surface area contributed by atoms with Crippen LogP contribution in [0.3, 0.4) is 0 Å². The van der Waals surface area contributed by atoms with Crippen LogP contribution in [0.4, 0.5) is 0 Å². The van der Waals surface area contributed by atoms with E-state index >= 15 is 0 Å². The highest BCUT2D eigenvalue weighted by molar-refractivity contribution is 8.06. The van der Waals surface area contributed by atoms with Gasteiger partial charge in [0.15, 0.2) is 0 Å². The van der Waals surface area contributed by atoms with E-state index in [0.29, 0.717) is 11.7 Å². The van der Waals surface area contributed by atoms with Crippen molar-refractivity contribution in [2.45, 2.75) is 11.7 Å². The molecule has 2 nitrogen and oxygen atoms in total. The van der Waals surface area contributed by atoms with Crippen molar-refractivity contribution in [1.82, 2.24) is 0 Å². The van der Waals surface area contributed by atoms with Crippen molar-refractivity contribution in [2.24, 2.45) is 0 Å². The van der Waals surface area contributed by atoms with Gasteiger partial charge in [0.25, 0.3) is 0 Å². The smallest absolute Gasteiger partial charge is 0.304 e. The van der Waals surface area contributed by atoms with Crippen LogP contribution in [0.5, 0.6) is 0 Å². The average Bonchev–Trinajstić information content (AvgIpc) is 1.88. The molecule has 1 fully saturated rings. The van der Waals surface area contributed by atoms with E-state index in [1.54, 1.807) is 11.8 Å². The van der Waals surface area contributed by atoms with Gasteiger partial charge in [-0.1, -0.05) is 0 Å². The Morgan fingerprint density at radius 3 is 2.90 bits per heavy atom. The van der Waals surface area contributed by atoms with Crippen LogP contribution in [-0.2, 0) is 4.79 Å². The van der Waals surface area contributed by atoms with Crippen molar-refractivity contribution in [3.05, 3.63) is 0 Å². The van der Waals surface area contributed by atoms with Gasteiger partial charge in [0.2, 0.25) is 0 Å². The topological polar surface area (TPSA) is 37.3 Å². The molecule has 0 radical (unpaired) electrons. The molecule has 58 valence electrons. The van der Waals surface area contributed by atoms with Crippen molar-refractivity contribution in [1.29, 1.82) is 0 Å². The zero-order valence-corrected chi connectivity index (χ0v) is 7.21. The molecule has 1 heterocycles. The fraction of sp³-hybridized carbons (Fsp3) is 0.833. The summed E-state index contributed by atoms with van der Waals surface area (Å²) in [5.41, 5.74) is 0. The first-order valence-electron chi connectivity index (χ1n) is 3.20. The number of hydrogen-bond acceptors (Lipinski definition) is 3. The van der Waals surface area contributed by atoms with Crippen LogP contribution in [0.1, 0.15) is 6.42 Å². The minimum Gasteiger partial charge on any atom is -0.481 e. The number of thioether (sulfide) groups is 2. The number of carboxylic acid groups (broad SMARTS) is 1. The van der Waals surface area contributed by atoms with Crippen molar-refractivity contribution in [2.75, 3.05) is 17.3 Å². The zero-order valence-electron chi connectivity index (χ0n) is 5.58. The molecular formula is C6H10O2S2. The van der Waals surface area contributed by atoms with Gasteiger partial charge in [-0.15, -0.1) is 0 Å². The summed E-state index contributed by atoms with van der Waals surface area (Å²) in [7, 11) is 0. The molecule has 0 aromatic heterocycles. The maximum atomic E-state index is 10.2. The van der Waals surface area contributed by atoms with Gasteiger partial charge in [-0.25, -0.2) is 0 Å². The highest BCUT2D eigenvalue weighted by Gasteiger charge is 2.16. The van der Waals surface area contributed by atoms with Gasteiger partial charge in [0.1, 0.15) is 0 Å². The van der Waals surface area contributed by atoms with Crippen LogP contribution < -0.4 is 0 Å². The Balaban J connectivity index is 2.19. The summed E-state index contributed by atoms with van der Waals surface area (Å²) in [5.74, 6) is 2.64. The fourth-order valence-corrected chi connectivity index (χ4v) is 3.52. The van der Waals surface area contributed by atoms with E-state index in [-0.39, 0.29) is 0 Å². The van der Waals surface area contributed by atoms with Gasteiger partial charge in [0.05, 0.1) is 6.42 Å². The van der Waals surface area contributed by atoms with Crippen molar-refractivity contribution >= 4 is 29.5 Å². The second kappa shape index (κ2) is 4.13. The van der Waals surface area contributed by atoms with E-state index in [4.69, 9.17) is 5.11 Å². The first-order valence-corrected chi connectivity index (χ1v) is 5.40. The summed E-state index contributed by atoms with van der Waals surface area (Å²) in [5, 5.41) is 8.80. The molecule has 10 heavy (non-hydrogen) atoms. The molecule has 4 heteroatoms. The lowest BCUT2D eigenvalue weighted by Gasteiger charge is -2.18. The summed E-state index contributed by atoms with van der Waals surface area (Å²) in [4.78, 5) is 10.2. The van der Waals surface area contributed by atoms with E-state index in [1.165, 1.54) is 5.75 Å². The van der Waals surface area contributed by atoms with Gasteiger partial charge in [-0.05, 0) is 0 Å². The highest BCUT2D eigenvalue weighted by Crippen LogP contribution is 2.25. The van der Waals surface area contributed by atoms with E-state index in [9.17, 15) is 4.79 Å². The SMILES string of the molecule is O=C(O)C[C@@H]1CSCCS1. The van der Waals surface area contributed by atoms with Gasteiger partial charge >= 0.3 is 5.97 Å². The predicted molar refractivity (Wildman–Crippen MR) is 45.8 cm³/mol. The van der Waals surface area contributed by atoms with Crippen LogP contribution in [-0.4, -0.2) is 33.6 Å². The Morgan fingerprint density at radius 2 is 2.40 bits per heavy atom. The number of rotatable bonds is 2. The monoisotopic (exact) mass is 178 g/mol. The quantitative estimate of drug-likeness (QED) is 0.692. The molecule has 1 N–H and O–H groups in total. The van der Waals surface area contributed by atoms with Crippen LogP contribution >= 0.6 is 23.5 Å². The maximum Gasteiger partial charge on any atom is 0.304 e. The Morgan fingerprint density at radius 1 is 1.60 bits per heavy atom. The lowest BCUT2D eigenvalue weighted by Crippen LogP contribution is -2.17. The maximum absolute atomic E-state index is 10.2. The lowest BCUT2D eigenvalue weighted by molar-refractivity contribution is -0.136. The van der Waals surface area contributed by atoms with Crippen LogP contribution in [0.25, 0.3) is 0 Å². The van der Waals surface area contributed by atoms with Crippen molar-refractivity contribution < 1.29 is 9.90 Å². The molecule has 0 bridgehead atoms. The molecule has 0 aromatic rings. The molecule has 1 aliphatic heterocycles. The largest absolute Gasteiger partial charge is 0.481 e. The highest BCUT2D eigenvalue weighted by atomic mass is 32.2. The zero-order chi connectivity index (χ0) is 7.40. The number of hydrogen-bond donors (Lipinski definition) is 1. The predicted octanol–water partition coefficient (Wildman–Crippen LogP) is 1.31. The average molecular weight is 178 g/mol. The third-order valence-electron chi connectivity index (χ3n) is 1.29. The molecule has 1 rings (SSSR count). The van der Waals surface area contributed by atoms with Crippen LogP contribution in [0.15, 0.2) is 0 Å². The Bertz CT molecular complexity index is 121. The second-order valence-corrected chi connectivity index (χ2v) is 4.72. The molecule has 0 aromatic carbocycles.